The minimum absolute atomic E-state index is 0.312. The summed E-state index contributed by atoms with van der Waals surface area (Å²) in [5.74, 6) is 2.67. The van der Waals surface area contributed by atoms with Crippen molar-refractivity contribution < 1.29 is 0 Å². The summed E-state index contributed by atoms with van der Waals surface area (Å²) in [7, 11) is 0. The van der Waals surface area contributed by atoms with Gasteiger partial charge in [0.25, 0.3) is 0 Å². The van der Waals surface area contributed by atoms with E-state index in [1.165, 1.54) is 57.5 Å². The Bertz CT molecular complexity index is 1280. The van der Waals surface area contributed by atoms with E-state index in [9.17, 15) is 0 Å². The number of nitrogens with zero attached hydrogens (tertiary/aromatic N) is 2. The van der Waals surface area contributed by atoms with Crippen LogP contribution in [0.4, 0.5) is 5.82 Å². The molecule has 0 amide bonds. The minimum Gasteiger partial charge on any atom is -0.363 e. The second-order valence-corrected chi connectivity index (χ2v) is 11.1. The van der Waals surface area contributed by atoms with E-state index in [1.807, 2.05) is 23.5 Å². The number of benzene rings is 2. The van der Waals surface area contributed by atoms with Gasteiger partial charge in [-0.1, -0.05) is 35.9 Å². The molecule has 162 valence electrons. The van der Waals surface area contributed by atoms with Gasteiger partial charge in [0.1, 0.15) is 16.5 Å². The molecule has 0 aliphatic heterocycles. The van der Waals surface area contributed by atoms with Crippen LogP contribution < -0.4 is 5.32 Å². The zero-order chi connectivity index (χ0) is 21.5. The Morgan fingerprint density at radius 2 is 1.88 bits per heavy atom. The average molecular weight is 478 g/mol. The van der Waals surface area contributed by atoms with Crippen LogP contribution in [0.1, 0.15) is 52.7 Å². The minimum atomic E-state index is 0.312. The van der Waals surface area contributed by atoms with Crippen molar-refractivity contribution in [2.45, 2.75) is 55.2 Å². The Kier molecular flexibility index (Phi) is 5.58. The van der Waals surface area contributed by atoms with Gasteiger partial charge in [-0.25, -0.2) is 9.97 Å². The zero-order valence-corrected chi connectivity index (χ0v) is 20.1. The molecule has 0 unspecified atom stereocenters. The molecular weight excluding hydrogens is 454 g/mol. The molecule has 2 aliphatic carbocycles. The molecule has 2 heterocycles. The first-order valence-corrected chi connectivity index (χ1v) is 13.5. The summed E-state index contributed by atoms with van der Waals surface area (Å²) in [5.41, 5.74) is 4.37. The van der Waals surface area contributed by atoms with E-state index in [4.69, 9.17) is 21.6 Å². The monoisotopic (exact) mass is 477 g/mol. The third-order valence-corrected chi connectivity index (χ3v) is 8.92. The van der Waals surface area contributed by atoms with Crippen LogP contribution in [-0.4, -0.2) is 9.97 Å². The molecule has 0 saturated heterocycles. The fraction of sp³-hybridized carbons (Fsp3) is 0.308. The Balaban J connectivity index is 1.36. The van der Waals surface area contributed by atoms with Gasteiger partial charge >= 0.3 is 0 Å². The van der Waals surface area contributed by atoms with Gasteiger partial charge in [0, 0.05) is 14.8 Å². The zero-order valence-electron chi connectivity index (χ0n) is 17.7. The van der Waals surface area contributed by atoms with E-state index in [2.05, 4.69) is 41.7 Å². The first-order chi connectivity index (χ1) is 15.7. The first kappa shape index (κ1) is 20.5. The van der Waals surface area contributed by atoms with E-state index in [-0.39, 0.29) is 0 Å². The Labute approximate surface area is 201 Å². The molecule has 0 radical (unpaired) electrons. The smallest absolute Gasteiger partial charge is 0.142 e. The van der Waals surface area contributed by atoms with Gasteiger partial charge in [0.2, 0.25) is 0 Å². The fourth-order valence-electron chi connectivity index (χ4n) is 4.96. The number of fused-ring (bicyclic) bond motifs is 4. The molecule has 0 bridgehead atoms. The number of rotatable bonds is 5. The SMILES string of the molecule is Clc1ccc(SCc2nc(N[C@@H]3CCCc4ccccc43)c3c4c(sc3n2)CCC4)cc1. The maximum Gasteiger partial charge on any atom is 0.142 e. The van der Waals surface area contributed by atoms with Crippen molar-refractivity contribution in [3.8, 4) is 0 Å². The molecule has 32 heavy (non-hydrogen) atoms. The largest absolute Gasteiger partial charge is 0.363 e. The molecule has 4 aromatic rings. The number of aryl methyl sites for hydroxylation is 3. The van der Waals surface area contributed by atoms with E-state index in [0.717, 1.165) is 40.1 Å². The van der Waals surface area contributed by atoms with Gasteiger partial charge in [-0.2, -0.15) is 0 Å². The van der Waals surface area contributed by atoms with E-state index in [1.54, 1.807) is 11.8 Å². The molecule has 2 aromatic heterocycles. The van der Waals surface area contributed by atoms with Gasteiger partial charge in [0.05, 0.1) is 17.2 Å². The van der Waals surface area contributed by atoms with Gasteiger partial charge in [-0.05, 0) is 79.5 Å². The van der Waals surface area contributed by atoms with Crippen LogP contribution in [0.3, 0.4) is 0 Å². The highest BCUT2D eigenvalue weighted by atomic mass is 35.5. The predicted octanol–water partition coefficient (Wildman–Crippen LogP) is 7.62. The van der Waals surface area contributed by atoms with Crippen LogP contribution in [0.15, 0.2) is 53.4 Å². The highest BCUT2D eigenvalue weighted by Gasteiger charge is 2.25. The third-order valence-electron chi connectivity index (χ3n) is 6.47. The number of thioether (sulfide) groups is 1. The van der Waals surface area contributed by atoms with Gasteiger partial charge < -0.3 is 5.32 Å². The quantitative estimate of drug-likeness (QED) is 0.300. The van der Waals surface area contributed by atoms with E-state index >= 15 is 0 Å². The molecule has 6 rings (SSSR count). The van der Waals surface area contributed by atoms with Crippen molar-refractivity contribution in [3.63, 3.8) is 0 Å². The standard InChI is InChI=1S/C26H24ClN3S2/c27-17-11-13-18(14-12-17)31-15-23-29-25(24-20-8-4-10-22(20)32-26(24)30-23)28-21-9-3-6-16-5-1-2-7-19(16)21/h1-2,5,7,11-14,21H,3-4,6,8-10,15H2,(H,28,29,30)/t21-/m1/s1. The third kappa shape index (κ3) is 3.91. The molecule has 0 saturated carbocycles. The molecule has 3 nitrogen and oxygen atoms in total. The Hall–Kier alpha value is -2.08. The van der Waals surface area contributed by atoms with Crippen LogP contribution in [0.5, 0.6) is 0 Å². The van der Waals surface area contributed by atoms with Crippen molar-refractivity contribution in [2.75, 3.05) is 5.32 Å². The maximum atomic E-state index is 6.04. The van der Waals surface area contributed by atoms with E-state index < -0.39 is 0 Å². The van der Waals surface area contributed by atoms with Crippen molar-refractivity contribution in [1.82, 2.24) is 9.97 Å². The van der Waals surface area contributed by atoms with Gasteiger partial charge in [-0.3, -0.25) is 0 Å². The number of hydrogen-bond donors (Lipinski definition) is 1. The lowest BCUT2D eigenvalue weighted by Gasteiger charge is -2.27. The number of hydrogen-bond acceptors (Lipinski definition) is 5. The number of thiophene rings is 1. The first-order valence-electron chi connectivity index (χ1n) is 11.3. The van der Waals surface area contributed by atoms with Crippen LogP contribution in [-0.2, 0) is 25.0 Å². The number of nitrogens with one attached hydrogen (secondary N) is 1. The average Bonchev–Trinajstić information content (AvgIpc) is 3.40. The van der Waals surface area contributed by atoms with Gasteiger partial charge in [0.15, 0.2) is 0 Å². The van der Waals surface area contributed by atoms with Crippen molar-refractivity contribution in [1.29, 1.82) is 0 Å². The topological polar surface area (TPSA) is 37.8 Å². The lowest BCUT2D eigenvalue weighted by Crippen LogP contribution is -2.18. The highest BCUT2D eigenvalue weighted by Crippen LogP contribution is 2.42. The maximum absolute atomic E-state index is 6.04. The molecule has 6 heteroatoms. The predicted molar refractivity (Wildman–Crippen MR) is 136 cm³/mol. The Morgan fingerprint density at radius 3 is 2.78 bits per heavy atom. The summed E-state index contributed by atoms with van der Waals surface area (Å²) in [6.45, 7) is 0. The highest BCUT2D eigenvalue weighted by molar-refractivity contribution is 7.98. The van der Waals surface area contributed by atoms with E-state index in [0.29, 0.717) is 6.04 Å². The Morgan fingerprint density at radius 1 is 1.00 bits per heavy atom. The molecular formula is C26H24ClN3S2. The number of anilines is 1. The van der Waals surface area contributed by atoms with Crippen molar-refractivity contribution >= 4 is 50.7 Å². The molecule has 2 aliphatic rings. The molecule has 0 spiro atoms. The van der Waals surface area contributed by atoms with Crippen molar-refractivity contribution in [2.24, 2.45) is 0 Å². The summed E-state index contributed by atoms with van der Waals surface area (Å²) in [6, 6.07) is 17.2. The summed E-state index contributed by atoms with van der Waals surface area (Å²) < 4.78 is 0. The van der Waals surface area contributed by atoms with Crippen molar-refractivity contribution in [3.05, 3.63) is 80.9 Å². The van der Waals surface area contributed by atoms with Crippen LogP contribution in [0.2, 0.25) is 5.02 Å². The lowest BCUT2D eigenvalue weighted by molar-refractivity contribution is 0.599. The number of aromatic nitrogens is 2. The molecule has 2 aromatic carbocycles. The molecule has 0 fully saturated rings. The summed E-state index contributed by atoms with van der Waals surface area (Å²) in [6.07, 6.45) is 7.10. The van der Waals surface area contributed by atoms with Crippen LogP contribution in [0.25, 0.3) is 10.2 Å². The normalized spacial score (nSPS) is 17.3. The summed E-state index contributed by atoms with van der Waals surface area (Å²) >= 11 is 9.67. The van der Waals surface area contributed by atoms with Crippen LogP contribution >= 0.6 is 34.7 Å². The van der Waals surface area contributed by atoms with Gasteiger partial charge in [-0.15, -0.1) is 23.1 Å². The summed E-state index contributed by atoms with van der Waals surface area (Å²) in [5, 5.41) is 5.90. The second kappa shape index (κ2) is 8.69. The van der Waals surface area contributed by atoms with Crippen LogP contribution in [0, 0.1) is 0 Å². The molecule has 1 N–H and O–H groups in total. The fourth-order valence-corrected chi connectivity index (χ4v) is 7.12. The number of halogens is 1. The lowest BCUT2D eigenvalue weighted by atomic mass is 9.87. The second-order valence-electron chi connectivity index (χ2n) is 8.56. The molecule has 1 atom stereocenters. The summed E-state index contributed by atoms with van der Waals surface area (Å²) in [4.78, 5) is 13.9.